The van der Waals surface area contributed by atoms with E-state index in [9.17, 15) is 9.18 Å². The molecule has 0 radical (unpaired) electrons. The molecule has 0 aliphatic heterocycles. The van der Waals surface area contributed by atoms with E-state index < -0.39 is 11.8 Å². The Morgan fingerprint density at radius 2 is 2.17 bits per heavy atom. The third-order valence-electron chi connectivity index (χ3n) is 2.60. The summed E-state index contributed by atoms with van der Waals surface area (Å²) in [5.41, 5.74) is 0.260. The quantitative estimate of drug-likeness (QED) is 0.477. The summed E-state index contributed by atoms with van der Waals surface area (Å²) >= 11 is 0. The van der Waals surface area contributed by atoms with E-state index in [1.165, 1.54) is 19.5 Å². The smallest absolute Gasteiger partial charge is 0.346 e. The summed E-state index contributed by atoms with van der Waals surface area (Å²) in [6, 6.07) is 6.12. The summed E-state index contributed by atoms with van der Waals surface area (Å²) < 4.78 is 23.6. The monoisotopic (exact) mass is 318 g/mol. The first-order valence-electron chi connectivity index (χ1n) is 6.59. The van der Waals surface area contributed by atoms with Gasteiger partial charge in [0, 0.05) is 14.1 Å². The SMILES string of the molecule is COc1cccc(C(=O)Oc2ncc(F)c(/N=C/N(C)C)n2)c1. The molecule has 1 aromatic carbocycles. The largest absolute Gasteiger partial charge is 0.497 e. The number of halogens is 1. The Bertz CT molecular complexity index is 734. The van der Waals surface area contributed by atoms with Gasteiger partial charge in [0.05, 0.1) is 25.2 Å². The Kier molecular flexibility index (Phi) is 5.19. The second-order valence-electron chi connectivity index (χ2n) is 4.65. The van der Waals surface area contributed by atoms with Gasteiger partial charge in [-0.1, -0.05) is 6.07 Å². The number of rotatable bonds is 5. The van der Waals surface area contributed by atoms with Crippen LogP contribution in [-0.2, 0) is 0 Å². The predicted molar refractivity (Wildman–Crippen MR) is 81.8 cm³/mol. The van der Waals surface area contributed by atoms with Crippen molar-refractivity contribution in [3.05, 3.63) is 41.8 Å². The number of carbonyl (C=O) groups excluding carboxylic acids is 1. The number of esters is 1. The summed E-state index contributed by atoms with van der Waals surface area (Å²) in [7, 11) is 4.95. The van der Waals surface area contributed by atoms with Gasteiger partial charge in [-0.25, -0.2) is 19.2 Å². The van der Waals surface area contributed by atoms with E-state index in [1.54, 1.807) is 37.2 Å². The van der Waals surface area contributed by atoms with Crippen LogP contribution in [0.4, 0.5) is 10.2 Å². The molecule has 0 aliphatic carbocycles. The first kappa shape index (κ1) is 16.3. The Balaban J connectivity index is 2.19. The highest BCUT2D eigenvalue weighted by Crippen LogP contribution is 2.18. The van der Waals surface area contributed by atoms with Crippen molar-refractivity contribution in [2.24, 2.45) is 4.99 Å². The maximum absolute atomic E-state index is 13.6. The van der Waals surface area contributed by atoms with Crippen LogP contribution in [0, 0.1) is 5.82 Å². The van der Waals surface area contributed by atoms with Crippen LogP contribution in [0.15, 0.2) is 35.5 Å². The molecule has 1 aromatic heterocycles. The summed E-state index contributed by atoms with van der Waals surface area (Å²) in [4.78, 5) is 24.9. The molecular formula is C15H15FN4O3. The van der Waals surface area contributed by atoms with Crippen LogP contribution in [0.3, 0.4) is 0 Å². The second kappa shape index (κ2) is 7.30. The van der Waals surface area contributed by atoms with Crippen molar-refractivity contribution in [2.45, 2.75) is 0 Å². The first-order valence-corrected chi connectivity index (χ1v) is 6.59. The highest BCUT2D eigenvalue weighted by molar-refractivity contribution is 5.91. The number of ether oxygens (including phenoxy) is 2. The Labute approximate surface area is 132 Å². The number of hydrogen-bond acceptors (Lipinski definition) is 6. The fourth-order valence-corrected chi connectivity index (χ4v) is 1.54. The van der Waals surface area contributed by atoms with E-state index in [4.69, 9.17) is 9.47 Å². The molecule has 0 fully saturated rings. The Hall–Kier alpha value is -3.03. The molecule has 0 unspecified atom stereocenters. The van der Waals surface area contributed by atoms with Gasteiger partial charge in [-0.2, -0.15) is 4.98 Å². The third-order valence-corrected chi connectivity index (χ3v) is 2.60. The molecule has 0 saturated carbocycles. The topological polar surface area (TPSA) is 76.9 Å². The zero-order chi connectivity index (χ0) is 16.8. The maximum Gasteiger partial charge on any atom is 0.346 e. The summed E-state index contributed by atoms with van der Waals surface area (Å²) in [5.74, 6) is -1.11. The van der Waals surface area contributed by atoms with Crippen LogP contribution < -0.4 is 9.47 Å². The lowest BCUT2D eigenvalue weighted by atomic mass is 10.2. The van der Waals surface area contributed by atoms with Gasteiger partial charge in [-0.3, -0.25) is 0 Å². The number of aromatic nitrogens is 2. The van der Waals surface area contributed by atoms with Crippen LogP contribution in [0.25, 0.3) is 0 Å². The van der Waals surface area contributed by atoms with Gasteiger partial charge in [-0.15, -0.1) is 0 Å². The molecule has 0 N–H and O–H groups in total. The molecule has 0 bridgehead atoms. The van der Waals surface area contributed by atoms with Crippen LogP contribution in [0.2, 0.25) is 0 Å². The molecule has 0 amide bonds. The van der Waals surface area contributed by atoms with E-state index in [0.717, 1.165) is 6.20 Å². The highest BCUT2D eigenvalue weighted by atomic mass is 19.1. The third kappa shape index (κ3) is 4.47. The number of aliphatic imine (C=N–C) groups is 1. The Morgan fingerprint density at radius 3 is 2.87 bits per heavy atom. The van der Waals surface area contributed by atoms with Crippen molar-refractivity contribution in [2.75, 3.05) is 21.2 Å². The molecule has 2 aromatic rings. The van der Waals surface area contributed by atoms with Gasteiger partial charge in [0.1, 0.15) is 5.75 Å². The normalized spacial score (nSPS) is 10.6. The fourth-order valence-electron chi connectivity index (χ4n) is 1.54. The summed E-state index contributed by atoms with van der Waals surface area (Å²) in [6.07, 6.45) is 2.27. The van der Waals surface area contributed by atoms with E-state index in [-0.39, 0.29) is 17.4 Å². The average Bonchev–Trinajstić information content (AvgIpc) is 2.55. The summed E-state index contributed by atoms with van der Waals surface area (Å²) in [6.45, 7) is 0. The molecule has 8 heteroatoms. The van der Waals surface area contributed by atoms with Crippen molar-refractivity contribution >= 4 is 18.1 Å². The van der Waals surface area contributed by atoms with Crippen molar-refractivity contribution in [1.82, 2.24) is 14.9 Å². The second-order valence-corrected chi connectivity index (χ2v) is 4.65. The van der Waals surface area contributed by atoms with E-state index in [1.807, 2.05) is 0 Å². The number of benzene rings is 1. The van der Waals surface area contributed by atoms with Gasteiger partial charge in [-0.05, 0) is 18.2 Å². The molecular weight excluding hydrogens is 303 g/mol. The number of hydrogen-bond donors (Lipinski definition) is 0. The van der Waals surface area contributed by atoms with Gasteiger partial charge >= 0.3 is 12.0 Å². The van der Waals surface area contributed by atoms with Crippen LogP contribution >= 0.6 is 0 Å². The molecule has 0 atom stereocenters. The number of nitrogens with zero attached hydrogens (tertiary/aromatic N) is 4. The minimum absolute atomic E-state index is 0.220. The standard InChI is InChI=1S/C15H15FN4O3/c1-20(2)9-18-13-12(16)8-17-15(19-13)23-14(21)10-5-4-6-11(7-10)22-3/h4-9H,1-3H3/b18-9+. The number of carbonyl (C=O) groups is 1. The van der Waals surface area contributed by atoms with Crippen molar-refractivity contribution in [3.63, 3.8) is 0 Å². The van der Waals surface area contributed by atoms with Gasteiger partial charge in [0.15, 0.2) is 11.6 Å². The lowest BCUT2D eigenvalue weighted by molar-refractivity contribution is 0.0719. The highest BCUT2D eigenvalue weighted by Gasteiger charge is 2.13. The molecule has 0 aliphatic rings. The molecule has 0 saturated heterocycles. The zero-order valence-corrected chi connectivity index (χ0v) is 12.9. The van der Waals surface area contributed by atoms with Gasteiger partial charge in [0.25, 0.3) is 0 Å². The van der Waals surface area contributed by atoms with Gasteiger partial charge in [0.2, 0.25) is 0 Å². The molecule has 120 valence electrons. The van der Waals surface area contributed by atoms with Crippen LogP contribution in [0.1, 0.15) is 10.4 Å². The van der Waals surface area contributed by atoms with Crippen LogP contribution in [0.5, 0.6) is 11.8 Å². The van der Waals surface area contributed by atoms with Gasteiger partial charge < -0.3 is 14.4 Å². The zero-order valence-electron chi connectivity index (χ0n) is 12.9. The maximum atomic E-state index is 13.6. The number of methoxy groups -OCH3 is 1. The predicted octanol–water partition coefficient (Wildman–Crippen LogP) is 2.06. The van der Waals surface area contributed by atoms with Crippen molar-refractivity contribution < 1.29 is 18.7 Å². The molecule has 23 heavy (non-hydrogen) atoms. The van der Waals surface area contributed by atoms with E-state index in [2.05, 4.69) is 15.0 Å². The average molecular weight is 318 g/mol. The van der Waals surface area contributed by atoms with Crippen molar-refractivity contribution in [1.29, 1.82) is 0 Å². The summed E-state index contributed by atoms with van der Waals surface area (Å²) in [5, 5.41) is 0. The fraction of sp³-hybridized carbons (Fsp3) is 0.200. The molecule has 0 spiro atoms. The molecule has 2 rings (SSSR count). The molecule has 7 nitrogen and oxygen atoms in total. The minimum atomic E-state index is -0.718. The lowest BCUT2D eigenvalue weighted by Gasteiger charge is -2.06. The van der Waals surface area contributed by atoms with Crippen molar-refractivity contribution in [3.8, 4) is 11.8 Å². The lowest BCUT2D eigenvalue weighted by Crippen LogP contribution is -2.11. The van der Waals surface area contributed by atoms with E-state index in [0.29, 0.717) is 5.75 Å². The Morgan fingerprint density at radius 1 is 1.39 bits per heavy atom. The molecule has 1 heterocycles. The first-order chi connectivity index (χ1) is 11.0. The minimum Gasteiger partial charge on any atom is -0.497 e. The van der Waals surface area contributed by atoms with E-state index >= 15 is 0 Å². The van der Waals surface area contributed by atoms with Crippen LogP contribution in [-0.4, -0.2) is 48.4 Å².